The molecule has 0 unspecified atom stereocenters. The Balaban J connectivity index is 1.42. The van der Waals surface area contributed by atoms with Crippen LogP contribution in [0.25, 0.3) is 11.0 Å². The van der Waals surface area contributed by atoms with Crippen LogP contribution in [0.15, 0.2) is 51.7 Å². The summed E-state index contributed by atoms with van der Waals surface area (Å²) < 4.78 is 24.0. The molecule has 2 heterocycles. The summed E-state index contributed by atoms with van der Waals surface area (Å²) in [6, 6.07) is 10.3. The van der Waals surface area contributed by atoms with E-state index in [9.17, 15) is 18.8 Å². The molecule has 0 saturated carbocycles. The van der Waals surface area contributed by atoms with Crippen molar-refractivity contribution in [2.75, 3.05) is 13.1 Å². The maximum Gasteiger partial charge on any atom is 0.336 e. The number of esters is 1. The molecule has 1 aromatic heterocycles. The van der Waals surface area contributed by atoms with Gasteiger partial charge in [-0.15, -0.1) is 0 Å². The van der Waals surface area contributed by atoms with Gasteiger partial charge in [-0.25, -0.2) is 9.18 Å². The van der Waals surface area contributed by atoms with Gasteiger partial charge < -0.3 is 14.1 Å². The Hall–Kier alpha value is -3.48. The van der Waals surface area contributed by atoms with Crippen LogP contribution in [0, 0.1) is 25.6 Å². The van der Waals surface area contributed by atoms with Crippen molar-refractivity contribution in [2.24, 2.45) is 5.92 Å². The molecule has 160 valence electrons. The van der Waals surface area contributed by atoms with Crippen molar-refractivity contribution >= 4 is 22.8 Å². The standard InChI is InChI=1S/C24H22FNO5/c1-14-13-21(27)31-22-15(2)20(8-7-19(14)22)30-24(29)17-9-11-26(12-10-17)23(28)16-3-5-18(25)6-4-16/h3-8,13,17H,9-12H2,1-2H3. The smallest absolute Gasteiger partial charge is 0.336 e. The summed E-state index contributed by atoms with van der Waals surface area (Å²) in [6.07, 6.45) is 0.958. The fourth-order valence-corrected chi connectivity index (χ4v) is 3.90. The lowest BCUT2D eigenvalue weighted by Gasteiger charge is -2.31. The molecule has 1 aliphatic heterocycles. The van der Waals surface area contributed by atoms with E-state index >= 15 is 0 Å². The average Bonchev–Trinajstić information content (AvgIpc) is 2.76. The van der Waals surface area contributed by atoms with Crippen molar-refractivity contribution < 1.29 is 23.1 Å². The van der Waals surface area contributed by atoms with Gasteiger partial charge in [0.05, 0.1) is 5.92 Å². The Bertz CT molecular complexity index is 1210. The third-order valence-electron chi connectivity index (χ3n) is 5.74. The van der Waals surface area contributed by atoms with Gasteiger partial charge in [0.2, 0.25) is 0 Å². The zero-order valence-corrected chi connectivity index (χ0v) is 17.3. The monoisotopic (exact) mass is 423 g/mol. The second-order valence-corrected chi connectivity index (χ2v) is 7.81. The number of hydrogen-bond donors (Lipinski definition) is 0. The van der Waals surface area contributed by atoms with Gasteiger partial charge >= 0.3 is 11.6 Å². The first-order valence-electron chi connectivity index (χ1n) is 10.1. The zero-order valence-electron chi connectivity index (χ0n) is 17.3. The number of nitrogens with zero attached hydrogens (tertiary/aromatic N) is 1. The van der Waals surface area contributed by atoms with Crippen molar-refractivity contribution in [2.45, 2.75) is 26.7 Å². The van der Waals surface area contributed by atoms with Gasteiger partial charge in [0.1, 0.15) is 17.1 Å². The summed E-state index contributed by atoms with van der Waals surface area (Å²) in [7, 11) is 0. The molecule has 0 radical (unpaired) electrons. The number of carbonyl (C=O) groups is 2. The second-order valence-electron chi connectivity index (χ2n) is 7.81. The number of fused-ring (bicyclic) bond motifs is 1. The highest BCUT2D eigenvalue weighted by molar-refractivity contribution is 5.94. The normalized spacial score (nSPS) is 14.6. The van der Waals surface area contributed by atoms with Crippen LogP contribution in [-0.4, -0.2) is 29.9 Å². The predicted molar refractivity (Wildman–Crippen MR) is 113 cm³/mol. The van der Waals surface area contributed by atoms with Crippen molar-refractivity contribution in [3.63, 3.8) is 0 Å². The molecule has 1 aliphatic rings. The molecular weight excluding hydrogens is 401 g/mol. The summed E-state index contributed by atoms with van der Waals surface area (Å²) in [5, 5.41) is 0.796. The van der Waals surface area contributed by atoms with Gasteiger partial charge in [-0.05, 0) is 68.7 Å². The lowest BCUT2D eigenvalue weighted by Crippen LogP contribution is -2.41. The Morgan fingerprint density at radius 2 is 1.74 bits per heavy atom. The largest absolute Gasteiger partial charge is 0.426 e. The number of carbonyl (C=O) groups excluding carboxylic acids is 2. The summed E-state index contributed by atoms with van der Waals surface area (Å²) >= 11 is 0. The molecule has 1 fully saturated rings. The fraction of sp³-hybridized carbons (Fsp3) is 0.292. The van der Waals surface area contributed by atoms with Crippen LogP contribution in [0.1, 0.15) is 34.3 Å². The summed E-state index contributed by atoms with van der Waals surface area (Å²) in [5.74, 6) is -0.918. The van der Waals surface area contributed by atoms with Gasteiger partial charge in [0.25, 0.3) is 5.91 Å². The maximum absolute atomic E-state index is 13.1. The number of aryl methyl sites for hydroxylation is 2. The number of ether oxygens (including phenoxy) is 1. The van der Waals surface area contributed by atoms with Gasteiger partial charge in [-0.1, -0.05) is 0 Å². The van der Waals surface area contributed by atoms with Crippen LogP contribution in [0.3, 0.4) is 0 Å². The Labute approximate surface area is 178 Å². The molecule has 7 heteroatoms. The average molecular weight is 423 g/mol. The Morgan fingerprint density at radius 3 is 2.42 bits per heavy atom. The molecule has 0 N–H and O–H groups in total. The van der Waals surface area contributed by atoms with Gasteiger partial charge in [-0.3, -0.25) is 9.59 Å². The van der Waals surface area contributed by atoms with Crippen molar-refractivity contribution in [1.82, 2.24) is 4.90 Å². The fourth-order valence-electron chi connectivity index (χ4n) is 3.90. The maximum atomic E-state index is 13.1. The van der Waals surface area contributed by atoms with Crippen molar-refractivity contribution in [3.05, 3.63) is 75.4 Å². The molecule has 0 aliphatic carbocycles. The third-order valence-corrected chi connectivity index (χ3v) is 5.74. The highest BCUT2D eigenvalue weighted by Crippen LogP contribution is 2.30. The zero-order chi connectivity index (χ0) is 22.1. The second kappa shape index (κ2) is 8.34. The number of hydrogen-bond acceptors (Lipinski definition) is 5. The quantitative estimate of drug-likeness (QED) is 0.361. The molecule has 3 aromatic rings. The van der Waals surface area contributed by atoms with E-state index in [1.807, 2.05) is 6.92 Å². The molecule has 4 rings (SSSR count). The number of halogens is 1. The summed E-state index contributed by atoms with van der Waals surface area (Å²) in [4.78, 5) is 38.6. The molecule has 6 nitrogen and oxygen atoms in total. The first kappa shape index (κ1) is 20.8. The van der Waals surface area contributed by atoms with E-state index in [0.717, 1.165) is 10.9 Å². The first-order chi connectivity index (χ1) is 14.8. The van der Waals surface area contributed by atoms with Crippen LogP contribution in [-0.2, 0) is 4.79 Å². The Kier molecular flexibility index (Phi) is 5.59. The molecule has 0 bridgehead atoms. The van der Waals surface area contributed by atoms with Crippen LogP contribution in [0.4, 0.5) is 4.39 Å². The van der Waals surface area contributed by atoms with Crippen LogP contribution in [0.5, 0.6) is 5.75 Å². The number of piperidine rings is 1. The third kappa shape index (κ3) is 4.21. The minimum atomic E-state index is -0.449. The van der Waals surface area contributed by atoms with E-state index in [0.29, 0.717) is 48.4 Å². The van der Waals surface area contributed by atoms with E-state index in [1.165, 1.54) is 30.3 Å². The molecule has 0 atom stereocenters. The predicted octanol–water partition coefficient (Wildman–Crippen LogP) is 4.01. The lowest BCUT2D eigenvalue weighted by molar-refractivity contribution is -0.140. The number of rotatable bonds is 3. The molecule has 2 aromatic carbocycles. The SMILES string of the molecule is Cc1cc(=O)oc2c(C)c(OC(=O)C3CCN(C(=O)c4ccc(F)cc4)CC3)ccc12. The first-order valence-corrected chi connectivity index (χ1v) is 10.1. The van der Waals surface area contributed by atoms with Gasteiger partial charge in [-0.2, -0.15) is 0 Å². The van der Waals surface area contributed by atoms with Gasteiger partial charge in [0, 0.05) is 35.7 Å². The topological polar surface area (TPSA) is 76.8 Å². The van der Waals surface area contributed by atoms with Crippen molar-refractivity contribution in [3.8, 4) is 5.75 Å². The molecule has 1 amide bonds. The molecular formula is C24H22FNO5. The van der Waals surface area contributed by atoms with E-state index in [-0.39, 0.29) is 17.8 Å². The minimum absolute atomic E-state index is 0.178. The van der Waals surface area contributed by atoms with Crippen molar-refractivity contribution in [1.29, 1.82) is 0 Å². The lowest BCUT2D eigenvalue weighted by atomic mass is 9.96. The molecule has 31 heavy (non-hydrogen) atoms. The highest BCUT2D eigenvalue weighted by atomic mass is 19.1. The van der Waals surface area contributed by atoms with Crippen LogP contribution < -0.4 is 10.4 Å². The number of amides is 1. The highest BCUT2D eigenvalue weighted by Gasteiger charge is 2.29. The number of benzene rings is 2. The molecule has 0 spiro atoms. The Morgan fingerprint density at radius 1 is 1.06 bits per heavy atom. The van der Waals surface area contributed by atoms with Gasteiger partial charge in [0.15, 0.2) is 0 Å². The molecule has 1 saturated heterocycles. The van der Waals surface area contributed by atoms with E-state index in [2.05, 4.69) is 0 Å². The number of likely N-dealkylation sites (tertiary alicyclic amines) is 1. The van der Waals surface area contributed by atoms with E-state index in [1.54, 1.807) is 24.0 Å². The van der Waals surface area contributed by atoms with Crippen LogP contribution >= 0.6 is 0 Å². The van der Waals surface area contributed by atoms with E-state index in [4.69, 9.17) is 9.15 Å². The minimum Gasteiger partial charge on any atom is -0.426 e. The van der Waals surface area contributed by atoms with Crippen LogP contribution in [0.2, 0.25) is 0 Å². The van der Waals surface area contributed by atoms with E-state index < -0.39 is 11.4 Å². The summed E-state index contributed by atoms with van der Waals surface area (Å²) in [5.41, 5.74) is 1.77. The summed E-state index contributed by atoms with van der Waals surface area (Å²) in [6.45, 7) is 4.41.